The Morgan fingerprint density at radius 1 is 1.00 bits per heavy atom. The monoisotopic (exact) mass is 492 g/mol. The van der Waals surface area contributed by atoms with E-state index >= 15 is 0 Å². The molecule has 7 nitrogen and oxygen atoms in total. The molecule has 8 heteroatoms. The van der Waals surface area contributed by atoms with E-state index < -0.39 is 5.91 Å². The minimum absolute atomic E-state index is 0.0683. The predicted molar refractivity (Wildman–Crippen MR) is 135 cm³/mol. The van der Waals surface area contributed by atoms with Crippen molar-refractivity contribution < 1.29 is 23.7 Å². The quantitative estimate of drug-likeness (QED) is 0.300. The summed E-state index contributed by atoms with van der Waals surface area (Å²) < 4.78 is 22.1. The third-order valence-corrected chi connectivity index (χ3v) is 5.66. The van der Waals surface area contributed by atoms with Crippen LogP contribution < -0.4 is 24.3 Å². The second-order valence-electron chi connectivity index (χ2n) is 7.41. The average Bonchev–Trinajstić information content (AvgIpc) is 2.88. The summed E-state index contributed by atoms with van der Waals surface area (Å²) in [4.78, 5) is 12.7. The van der Waals surface area contributed by atoms with Crippen molar-refractivity contribution in [1.29, 1.82) is 5.26 Å². The van der Waals surface area contributed by atoms with E-state index in [-0.39, 0.29) is 12.2 Å². The fourth-order valence-corrected chi connectivity index (χ4v) is 3.47. The predicted octanol–water partition coefficient (Wildman–Crippen LogP) is 5.80. The first-order chi connectivity index (χ1) is 16.9. The summed E-state index contributed by atoms with van der Waals surface area (Å²) in [6, 6.07) is 17.7. The molecule has 3 aromatic rings. The number of hydrogen-bond donors (Lipinski definition) is 1. The van der Waals surface area contributed by atoms with Crippen molar-refractivity contribution in [3.05, 3.63) is 81.9 Å². The van der Waals surface area contributed by atoms with E-state index in [0.29, 0.717) is 39.3 Å². The Kier molecular flexibility index (Phi) is 8.60. The van der Waals surface area contributed by atoms with Crippen LogP contribution in [0.5, 0.6) is 23.0 Å². The lowest BCUT2D eigenvalue weighted by molar-refractivity contribution is -0.112. The van der Waals surface area contributed by atoms with Crippen LogP contribution in [0.2, 0.25) is 5.02 Å². The number of nitrogens with one attached hydrogen (secondary N) is 1. The van der Waals surface area contributed by atoms with Crippen molar-refractivity contribution in [2.24, 2.45) is 0 Å². The first-order valence-corrected chi connectivity index (χ1v) is 11.0. The highest BCUT2D eigenvalue weighted by Gasteiger charge is 2.14. The van der Waals surface area contributed by atoms with Crippen LogP contribution in [0, 0.1) is 18.3 Å². The molecule has 1 amide bonds. The van der Waals surface area contributed by atoms with E-state index in [1.807, 2.05) is 18.2 Å². The zero-order chi connectivity index (χ0) is 25.4. The molecule has 3 rings (SSSR count). The van der Waals surface area contributed by atoms with E-state index in [1.54, 1.807) is 63.6 Å². The first kappa shape index (κ1) is 25.5. The van der Waals surface area contributed by atoms with Gasteiger partial charge in [0.15, 0.2) is 11.5 Å². The number of carbonyl (C=O) groups is 1. The molecule has 0 spiro atoms. The van der Waals surface area contributed by atoms with Crippen LogP contribution in [0.25, 0.3) is 6.08 Å². The fraction of sp³-hybridized carbons (Fsp3) is 0.185. The van der Waals surface area contributed by atoms with Crippen LogP contribution in [0.3, 0.4) is 0 Å². The molecule has 0 aromatic heterocycles. The highest BCUT2D eigenvalue weighted by Crippen LogP contribution is 2.32. The molecule has 0 saturated heterocycles. The normalized spacial score (nSPS) is 10.8. The van der Waals surface area contributed by atoms with Crippen LogP contribution >= 0.6 is 11.6 Å². The molecule has 0 saturated carbocycles. The van der Waals surface area contributed by atoms with E-state index in [2.05, 4.69) is 5.32 Å². The van der Waals surface area contributed by atoms with Gasteiger partial charge in [-0.2, -0.15) is 5.26 Å². The van der Waals surface area contributed by atoms with Gasteiger partial charge >= 0.3 is 0 Å². The second-order valence-corrected chi connectivity index (χ2v) is 7.82. The number of methoxy groups -OCH3 is 3. The molecule has 0 atom stereocenters. The Morgan fingerprint density at radius 3 is 2.43 bits per heavy atom. The van der Waals surface area contributed by atoms with Crippen LogP contribution in [0.15, 0.2) is 60.2 Å². The number of nitrogens with zero attached hydrogens (tertiary/aromatic N) is 1. The lowest BCUT2D eigenvalue weighted by Crippen LogP contribution is -2.14. The van der Waals surface area contributed by atoms with Crippen molar-refractivity contribution in [2.45, 2.75) is 13.5 Å². The molecular weight excluding hydrogens is 468 g/mol. The molecule has 0 heterocycles. The van der Waals surface area contributed by atoms with E-state index in [1.165, 1.54) is 13.2 Å². The van der Waals surface area contributed by atoms with Crippen LogP contribution in [-0.4, -0.2) is 27.2 Å². The van der Waals surface area contributed by atoms with Gasteiger partial charge < -0.3 is 24.3 Å². The van der Waals surface area contributed by atoms with Crippen molar-refractivity contribution in [2.75, 3.05) is 26.6 Å². The highest BCUT2D eigenvalue weighted by atomic mass is 35.5. The maximum absolute atomic E-state index is 12.7. The molecule has 0 aliphatic carbocycles. The first-order valence-electron chi connectivity index (χ1n) is 10.6. The van der Waals surface area contributed by atoms with E-state index in [0.717, 1.165) is 11.1 Å². The maximum Gasteiger partial charge on any atom is 0.266 e. The SMILES string of the molecule is COc1ccc(OC)c(COc2ccc(/C=C(\C#N)C(=O)Nc3cccc(Cl)c3C)cc2OC)c1. The zero-order valence-electron chi connectivity index (χ0n) is 19.8. The van der Waals surface area contributed by atoms with E-state index in [4.69, 9.17) is 30.5 Å². The summed E-state index contributed by atoms with van der Waals surface area (Å²) in [7, 11) is 4.69. The van der Waals surface area contributed by atoms with Crippen molar-refractivity contribution in [1.82, 2.24) is 0 Å². The number of anilines is 1. The number of ether oxygens (including phenoxy) is 4. The number of benzene rings is 3. The third kappa shape index (κ3) is 6.25. The number of rotatable bonds is 9. The lowest BCUT2D eigenvalue weighted by Gasteiger charge is -2.14. The molecule has 0 aliphatic heterocycles. The van der Waals surface area contributed by atoms with E-state index in [9.17, 15) is 10.1 Å². The van der Waals surface area contributed by atoms with Crippen molar-refractivity contribution in [3.8, 4) is 29.1 Å². The molecule has 0 unspecified atom stereocenters. The van der Waals surface area contributed by atoms with Gasteiger partial charge in [0.1, 0.15) is 29.7 Å². The lowest BCUT2D eigenvalue weighted by atomic mass is 10.1. The second kappa shape index (κ2) is 11.8. The van der Waals surface area contributed by atoms with Gasteiger partial charge in [0.05, 0.1) is 21.3 Å². The molecule has 0 radical (unpaired) electrons. The maximum atomic E-state index is 12.7. The Morgan fingerprint density at radius 2 is 1.74 bits per heavy atom. The molecule has 0 aliphatic rings. The summed E-state index contributed by atoms with van der Waals surface area (Å²) in [5.74, 6) is 1.76. The number of hydrogen-bond acceptors (Lipinski definition) is 6. The smallest absolute Gasteiger partial charge is 0.266 e. The molecular formula is C27H25ClN2O5. The largest absolute Gasteiger partial charge is 0.497 e. The van der Waals surface area contributed by atoms with Gasteiger partial charge in [-0.25, -0.2) is 0 Å². The number of halogens is 1. The average molecular weight is 493 g/mol. The summed E-state index contributed by atoms with van der Waals surface area (Å²) in [5, 5.41) is 12.8. The van der Waals surface area contributed by atoms with Crippen LogP contribution in [-0.2, 0) is 11.4 Å². The topological polar surface area (TPSA) is 89.8 Å². The molecule has 0 fully saturated rings. The van der Waals surface area contributed by atoms with Gasteiger partial charge in [-0.3, -0.25) is 4.79 Å². The fourth-order valence-electron chi connectivity index (χ4n) is 3.29. The zero-order valence-corrected chi connectivity index (χ0v) is 20.6. The minimum atomic E-state index is -0.540. The summed E-state index contributed by atoms with van der Waals surface area (Å²) in [6.07, 6.45) is 1.48. The van der Waals surface area contributed by atoms with Crippen molar-refractivity contribution >= 4 is 29.3 Å². The third-order valence-electron chi connectivity index (χ3n) is 5.25. The highest BCUT2D eigenvalue weighted by molar-refractivity contribution is 6.31. The molecule has 35 heavy (non-hydrogen) atoms. The number of amides is 1. The minimum Gasteiger partial charge on any atom is -0.497 e. The Bertz CT molecular complexity index is 1300. The molecule has 1 N–H and O–H groups in total. The summed E-state index contributed by atoms with van der Waals surface area (Å²) in [6.45, 7) is 2.01. The summed E-state index contributed by atoms with van der Waals surface area (Å²) in [5.41, 5.74) is 2.59. The Hall–Kier alpha value is -4.15. The standard InChI is InChI=1S/C27H25ClN2O5/c1-17-22(28)6-5-7-23(17)30-27(31)19(15-29)12-18-8-10-25(26(13-18)34-4)35-16-20-14-21(32-2)9-11-24(20)33-3/h5-14H,16H2,1-4H3,(H,30,31)/b19-12+. The van der Waals surface area contributed by atoms with Gasteiger partial charge in [-0.1, -0.05) is 23.7 Å². The molecule has 3 aromatic carbocycles. The van der Waals surface area contributed by atoms with Gasteiger partial charge in [0.2, 0.25) is 0 Å². The summed E-state index contributed by atoms with van der Waals surface area (Å²) >= 11 is 6.12. The van der Waals surface area contributed by atoms with Crippen LogP contribution in [0.1, 0.15) is 16.7 Å². The Balaban J connectivity index is 1.79. The van der Waals surface area contributed by atoms with Gasteiger partial charge in [0.25, 0.3) is 5.91 Å². The number of nitriles is 1. The van der Waals surface area contributed by atoms with Gasteiger partial charge in [0, 0.05) is 16.3 Å². The Labute approximate surface area is 209 Å². The molecule has 0 bridgehead atoms. The van der Waals surface area contributed by atoms with Crippen molar-refractivity contribution in [3.63, 3.8) is 0 Å². The van der Waals surface area contributed by atoms with Crippen LogP contribution in [0.4, 0.5) is 5.69 Å². The molecule has 180 valence electrons. The van der Waals surface area contributed by atoms with Gasteiger partial charge in [-0.15, -0.1) is 0 Å². The number of carbonyl (C=O) groups excluding carboxylic acids is 1. The van der Waals surface area contributed by atoms with Gasteiger partial charge in [-0.05, 0) is 66.6 Å².